The molecule has 6 rings (SSSR count). The van der Waals surface area contributed by atoms with Crippen molar-refractivity contribution < 1.29 is 5.11 Å². The van der Waals surface area contributed by atoms with Crippen LogP contribution in [0.15, 0.2) is 54.6 Å². The molecule has 0 heterocycles. The third kappa shape index (κ3) is 4.09. The maximum atomic E-state index is 10.5. The lowest BCUT2D eigenvalue weighted by Gasteiger charge is -2.57. The maximum Gasteiger partial charge on any atom is 0.0940 e. The molecule has 4 aliphatic rings. The molecule has 2 heteroatoms. The van der Waals surface area contributed by atoms with E-state index in [4.69, 9.17) is 0 Å². The molecule has 2 atom stereocenters. The van der Waals surface area contributed by atoms with Gasteiger partial charge in [-0.3, -0.25) is 0 Å². The average molecular weight is 404 g/mol. The Kier molecular flexibility index (Phi) is 5.73. The summed E-state index contributed by atoms with van der Waals surface area (Å²) in [4.78, 5) is 0. The second kappa shape index (κ2) is 8.48. The number of benzene rings is 2. The molecule has 4 saturated carbocycles. The van der Waals surface area contributed by atoms with Gasteiger partial charge in [-0.1, -0.05) is 54.6 Å². The Morgan fingerprint density at radius 3 is 2.10 bits per heavy atom. The maximum absolute atomic E-state index is 10.5. The summed E-state index contributed by atoms with van der Waals surface area (Å²) in [7, 11) is 0. The SMILES string of the molecule is C[C@H](NCCCc1ccc(C23CC4CC(CC(C4)C2)C3)cc1)[C@H](O)c1ccccc1. The number of aliphatic hydroxyl groups excluding tert-OH is 1. The van der Waals surface area contributed by atoms with Gasteiger partial charge in [-0.05, 0) is 105 Å². The van der Waals surface area contributed by atoms with E-state index in [1.165, 1.54) is 44.1 Å². The molecule has 0 aliphatic heterocycles. The van der Waals surface area contributed by atoms with E-state index in [0.29, 0.717) is 5.41 Å². The Bertz CT molecular complexity index is 792. The summed E-state index contributed by atoms with van der Waals surface area (Å²) in [6, 6.07) is 19.7. The zero-order valence-corrected chi connectivity index (χ0v) is 18.4. The molecule has 4 fully saturated rings. The molecule has 2 N–H and O–H groups in total. The predicted molar refractivity (Wildman–Crippen MR) is 123 cm³/mol. The fourth-order valence-electron chi connectivity index (χ4n) is 7.16. The smallest absolute Gasteiger partial charge is 0.0940 e. The number of rotatable bonds is 8. The molecule has 0 spiro atoms. The van der Waals surface area contributed by atoms with Crippen LogP contribution >= 0.6 is 0 Å². The minimum atomic E-state index is -0.453. The number of hydrogen-bond acceptors (Lipinski definition) is 2. The first-order valence-electron chi connectivity index (χ1n) is 12.2. The first kappa shape index (κ1) is 20.3. The first-order chi connectivity index (χ1) is 14.6. The highest BCUT2D eigenvalue weighted by Crippen LogP contribution is 2.60. The van der Waals surface area contributed by atoms with Gasteiger partial charge in [0.1, 0.15) is 0 Å². The van der Waals surface area contributed by atoms with E-state index < -0.39 is 6.10 Å². The fourth-order valence-corrected chi connectivity index (χ4v) is 7.16. The molecule has 2 aromatic rings. The molecule has 160 valence electrons. The monoisotopic (exact) mass is 403 g/mol. The van der Waals surface area contributed by atoms with Crippen molar-refractivity contribution >= 4 is 0 Å². The predicted octanol–water partition coefficient (Wildman–Crippen LogP) is 5.80. The van der Waals surface area contributed by atoms with Gasteiger partial charge >= 0.3 is 0 Å². The van der Waals surface area contributed by atoms with E-state index in [1.807, 2.05) is 30.3 Å². The second-order valence-electron chi connectivity index (χ2n) is 10.6. The van der Waals surface area contributed by atoms with Gasteiger partial charge in [0.15, 0.2) is 0 Å². The van der Waals surface area contributed by atoms with Gasteiger partial charge in [-0.15, -0.1) is 0 Å². The van der Waals surface area contributed by atoms with E-state index >= 15 is 0 Å². The van der Waals surface area contributed by atoms with Crippen molar-refractivity contribution in [3.05, 3.63) is 71.3 Å². The normalized spacial score (nSPS) is 31.6. The van der Waals surface area contributed by atoms with E-state index in [-0.39, 0.29) is 6.04 Å². The van der Waals surface area contributed by atoms with E-state index in [0.717, 1.165) is 42.7 Å². The quantitative estimate of drug-likeness (QED) is 0.546. The summed E-state index contributed by atoms with van der Waals surface area (Å²) < 4.78 is 0. The Labute approximate surface area is 182 Å². The molecule has 0 radical (unpaired) electrons. The Morgan fingerprint density at radius 1 is 0.900 bits per heavy atom. The fraction of sp³-hybridized carbons (Fsp3) is 0.571. The van der Waals surface area contributed by atoms with Crippen molar-refractivity contribution in [2.75, 3.05) is 6.54 Å². The standard InChI is InChI=1S/C28H37NO/c1-20(27(30)25-7-3-2-4-8-25)29-13-5-6-21-9-11-26(12-10-21)28-17-22-14-23(18-28)16-24(15-22)19-28/h2-4,7-12,20,22-24,27,29-30H,5-6,13-19H2,1H3/t20-,22?,23?,24?,27-,28?/m0/s1. The minimum Gasteiger partial charge on any atom is -0.387 e. The zero-order valence-electron chi connectivity index (χ0n) is 18.4. The molecular weight excluding hydrogens is 366 g/mol. The zero-order chi connectivity index (χ0) is 20.6. The van der Waals surface area contributed by atoms with Gasteiger partial charge in [-0.25, -0.2) is 0 Å². The molecule has 4 bridgehead atoms. The molecule has 30 heavy (non-hydrogen) atoms. The summed E-state index contributed by atoms with van der Waals surface area (Å²) >= 11 is 0. The molecule has 0 amide bonds. The minimum absolute atomic E-state index is 0.0610. The number of nitrogens with one attached hydrogen (secondary N) is 1. The molecule has 0 unspecified atom stereocenters. The van der Waals surface area contributed by atoms with Crippen LogP contribution in [-0.2, 0) is 11.8 Å². The highest BCUT2D eigenvalue weighted by Gasteiger charge is 2.51. The molecular formula is C28H37NO. The molecule has 0 aromatic heterocycles. The lowest BCUT2D eigenvalue weighted by molar-refractivity contribution is -0.00519. The Hall–Kier alpha value is -1.64. The van der Waals surface area contributed by atoms with Crippen LogP contribution in [0.2, 0.25) is 0 Å². The van der Waals surface area contributed by atoms with Gasteiger partial charge in [-0.2, -0.15) is 0 Å². The second-order valence-corrected chi connectivity index (χ2v) is 10.6. The van der Waals surface area contributed by atoms with Crippen LogP contribution < -0.4 is 5.32 Å². The Balaban J connectivity index is 1.11. The van der Waals surface area contributed by atoms with Gasteiger partial charge in [0.25, 0.3) is 0 Å². The molecule has 2 aromatic carbocycles. The van der Waals surface area contributed by atoms with Crippen LogP contribution in [0.4, 0.5) is 0 Å². The van der Waals surface area contributed by atoms with Crippen LogP contribution in [0, 0.1) is 17.8 Å². The highest BCUT2D eigenvalue weighted by molar-refractivity contribution is 5.32. The summed E-state index contributed by atoms with van der Waals surface area (Å²) in [5.74, 6) is 3.03. The van der Waals surface area contributed by atoms with Gasteiger partial charge < -0.3 is 10.4 Å². The van der Waals surface area contributed by atoms with Crippen LogP contribution in [0.5, 0.6) is 0 Å². The van der Waals surface area contributed by atoms with Crippen molar-refractivity contribution in [3.63, 3.8) is 0 Å². The highest BCUT2D eigenvalue weighted by atomic mass is 16.3. The van der Waals surface area contributed by atoms with Crippen LogP contribution in [-0.4, -0.2) is 17.7 Å². The third-order valence-electron chi connectivity index (χ3n) is 8.33. The van der Waals surface area contributed by atoms with Crippen LogP contribution in [0.1, 0.15) is 74.7 Å². The lowest BCUT2D eigenvalue weighted by Crippen LogP contribution is -2.48. The number of aryl methyl sites for hydroxylation is 1. The van der Waals surface area contributed by atoms with Crippen molar-refractivity contribution in [1.82, 2.24) is 5.32 Å². The largest absolute Gasteiger partial charge is 0.387 e. The summed E-state index contributed by atoms with van der Waals surface area (Å²) in [6.07, 6.45) is 10.6. The van der Waals surface area contributed by atoms with Gasteiger partial charge in [0, 0.05) is 6.04 Å². The Morgan fingerprint density at radius 2 is 1.50 bits per heavy atom. The van der Waals surface area contributed by atoms with Crippen molar-refractivity contribution in [2.45, 2.75) is 75.9 Å². The van der Waals surface area contributed by atoms with Crippen LogP contribution in [0.3, 0.4) is 0 Å². The summed E-state index contributed by atoms with van der Waals surface area (Å²) in [5.41, 5.74) is 4.57. The summed E-state index contributed by atoms with van der Waals surface area (Å²) in [6.45, 7) is 3.00. The van der Waals surface area contributed by atoms with Crippen LogP contribution in [0.25, 0.3) is 0 Å². The number of aliphatic hydroxyl groups is 1. The van der Waals surface area contributed by atoms with Crippen molar-refractivity contribution in [2.24, 2.45) is 17.8 Å². The third-order valence-corrected chi connectivity index (χ3v) is 8.33. The molecule has 4 aliphatic carbocycles. The van der Waals surface area contributed by atoms with Crippen molar-refractivity contribution in [3.8, 4) is 0 Å². The van der Waals surface area contributed by atoms with E-state index in [9.17, 15) is 5.11 Å². The number of hydrogen-bond donors (Lipinski definition) is 2. The molecule has 0 saturated heterocycles. The van der Waals surface area contributed by atoms with Gasteiger partial charge in [0.2, 0.25) is 0 Å². The van der Waals surface area contributed by atoms with Gasteiger partial charge in [0.05, 0.1) is 6.10 Å². The topological polar surface area (TPSA) is 32.3 Å². The van der Waals surface area contributed by atoms with E-state index in [1.54, 1.807) is 5.56 Å². The summed E-state index contributed by atoms with van der Waals surface area (Å²) in [5, 5.41) is 14.0. The molecule has 2 nitrogen and oxygen atoms in total. The first-order valence-corrected chi connectivity index (χ1v) is 12.2. The van der Waals surface area contributed by atoms with Crippen molar-refractivity contribution in [1.29, 1.82) is 0 Å². The lowest BCUT2D eigenvalue weighted by atomic mass is 9.48. The average Bonchev–Trinajstić information content (AvgIpc) is 2.76. The van der Waals surface area contributed by atoms with E-state index in [2.05, 4.69) is 36.5 Å².